The zero-order chi connectivity index (χ0) is 15.1. The highest BCUT2D eigenvalue weighted by atomic mass is 16.4. The van der Waals surface area contributed by atoms with Gasteiger partial charge in [-0.2, -0.15) is 5.10 Å². The number of carbonyl (C=O) groups excluding carboxylic acids is 1. The maximum atomic E-state index is 12.1. The summed E-state index contributed by atoms with van der Waals surface area (Å²) in [5.74, 6) is -1.36. The van der Waals surface area contributed by atoms with Gasteiger partial charge in [-0.05, 0) is 18.2 Å². The number of pyridine rings is 1. The van der Waals surface area contributed by atoms with Crippen LogP contribution in [0.2, 0.25) is 0 Å². The summed E-state index contributed by atoms with van der Waals surface area (Å²) >= 11 is 0. The summed E-state index contributed by atoms with van der Waals surface area (Å²) in [6.07, 6.45) is 8.72. The van der Waals surface area contributed by atoms with E-state index in [0.717, 1.165) is 6.08 Å². The second-order valence-corrected chi connectivity index (χ2v) is 4.16. The Kier molecular flexibility index (Phi) is 4.81. The molecule has 0 unspecified atom stereocenters. The molecule has 0 saturated heterocycles. The average Bonchev–Trinajstić information content (AvgIpc) is 2.98. The largest absolute Gasteiger partial charge is 0.478 e. The van der Waals surface area contributed by atoms with E-state index in [9.17, 15) is 9.59 Å². The van der Waals surface area contributed by atoms with Crippen molar-refractivity contribution in [2.45, 2.75) is 6.54 Å². The van der Waals surface area contributed by atoms with Gasteiger partial charge in [-0.1, -0.05) is 0 Å². The minimum Gasteiger partial charge on any atom is -0.478 e. The summed E-state index contributed by atoms with van der Waals surface area (Å²) in [6.45, 7) is 0.981. The van der Waals surface area contributed by atoms with Crippen LogP contribution < -0.4 is 5.32 Å². The van der Waals surface area contributed by atoms with Crippen molar-refractivity contribution in [2.75, 3.05) is 6.54 Å². The van der Waals surface area contributed by atoms with Gasteiger partial charge in [-0.15, -0.1) is 0 Å². The molecular weight excluding hydrogens is 272 g/mol. The van der Waals surface area contributed by atoms with Crippen molar-refractivity contribution in [1.29, 1.82) is 0 Å². The van der Waals surface area contributed by atoms with Gasteiger partial charge in [0, 0.05) is 48.5 Å². The van der Waals surface area contributed by atoms with Crippen molar-refractivity contribution in [2.24, 2.45) is 0 Å². The number of aromatic nitrogens is 3. The summed E-state index contributed by atoms with van der Waals surface area (Å²) in [6, 6.07) is 3.35. The highest BCUT2D eigenvalue weighted by molar-refractivity contribution is 5.98. The Morgan fingerprint density at radius 1 is 1.38 bits per heavy atom. The van der Waals surface area contributed by atoms with Crippen molar-refractivity contribution in [3.8, 4) is 0 Å². The van der Waals surface area contributed by atoms with Crippen molar-refractivity contribution in [3.05, 3.63) is 54.1 Å². The van der Waals surface area contributed by atoms with Crippen molar-refractivity contribution >= 4 is 18.0 Å². The quantitative estimate of drug-likeness (QED) is 0.766. The lowest BCUT2D eigenvalue weighted by molar-refractivity contribution is -0.131. The second-order valence-electron chi connectivity index (χ2n) is 4.16. The molecule has 0 bridgehead atoms. The minimum absolute atomic E-state index is 0.283. The fourth-order valence-electron chi connectivity index (χ4n) is 1.72. The molecule has 2 N–H and O–H groups in total. The molecule has 0 fully saturated rings. The van der Waals surface area contributed by atoms with E-state index >= 15 is 0 Å². The summed E-state index contributed by atoms with van der Waals surface area (Å²) in [7, 11) is 0. The molecule has 1 amide bonds. The smallest absolute Gasteiger partial charge is 0.328 e. The van der Waals surface area contributed by atoms with Crippen LogP contribution in [0.3, 0.4) is 0 Å². The fourth-order valence-corrected chi connectivity index (χ4v) is 1.72. The lowest BCUT2D eigenvalue weighted by atomic mass is 10.1. The Hall–Kier alpha value is -2.96. The first-order valence-corrected chi connectivity index (χ1v) is 6.27. The van der Waals surface area contributed by atoms with Gasteiger partial charge in [-0.25, -0.2) is 4.79 Å². The summed E-state index contributed by atoms with van der Waals surface area (Å²) in [5.41, 5.74) is 0.833. The number of hydrogen-bond acceptors (Lipinski definition) is 4. The van der Waals surface area contributed by atoms with E-state index in [4.69, 9.17) is 5.11 Å². The third-order valence-corrected chi connectivity index (χ3v) is 2.69. The first-order chi connectivity index (χ1) is 10.2. The SMILES string of the molecule is O=C(O)C=Cc1cnccc1C(=O)NCCn1cccn1. The van der Waals surface area contributed by atoms with Gasteiger partial charge in [0.1, 0.15) is 0 Å². The molecule has 2 rings (SSSR count). The summed E-state index contributed by atoms with van der Waals surface area (Å²) in [4.78, 5) is 26.5. The molecule has 0 spiro atoms. The minimum atomic E-state index is -1.08. The zero-order valence-electron chi connectivity index (χ0n) is 11.1. The highest BCUT2D eigenvalue weighted by Gasteiger charge is 2.09. The van der Waals surface area contributed by atoms with Crippen LogP contribution in [-0.2, 0) is 11.3 Å². The molecule has 0 aliphatic heterocycles. The van der Waals surface area contributed by atoms with Gasteiger partial charge in [-0.3, -0.25) is 14.5 Å². The summed E-state index contributed by atoms with van der Waals surface area (Å²) < 4.78 is 1.71. The van der Waals surface area contributed by atoms with Crippen molar-refractivity contribution in [1.82, 2.24) is 20.1 Å². The molecule has 2 heterocycles. The number of carboxylic acids is 1. The molecule has 2 aromatic heterocycles. The van der Waals surface area contributed by atoms with Crippen LogP contribution in [0, 0.1) is 0 Å². The molecule has 0 aliphatic rings. The van der Waals surface area contributed by atoms with Crippen molar-refractivity contribution < 1.29 is 14.7 Å². The van der Waals surface area contributed by atoms with Gasteiger partial charge < -0.3 is 10.4 Å². The predicted molar refractivity (Wildman–Crippen MR) is 75.5 cm³/mol. The zero-order valence-corrected chi connectivity index (χ0v) is 11.1. The van der Waals surface area contributed by atoms with Crippen molar-refractivity contribution in [3.63, 3.8) is 0 Å². The third kappa shape index (κ3) is 4.27. The molecule has 0 saturated carbocycles. The number of carbonyl (C=O) groups is 2. The number of amides is 1. The van der Waals surface area contributed by atoms with Gasteiger partial charge in [0.25, 0.3) is 5.91 Å². The number of rotatable bonds is 6. The van der Waals surface area contributed by atoms with Crippen LogP contribution >= 0.6 is 0 Å². The maximum Gasteiger partial charge on any atom is 0.328 e. The van der Waals surface area contributed by atoms with Crippen LogP contribution in [0.4, 0.5) is 0 Å². The van der Waals surface area contributed by atoms with E-state index in [1.54, 1.807) is 29.2 Å². The maximum absolute atomic E-state index is 12.1. The molecule has 2 aromatic rings. The van der Waals surface area contributed by atoms with Crippen LogP contribution in [0.15, 0.2) is 43.0 Å². The van der Waals surface area contributed by atoms with Gasteiger partial charge in [0.2, 0.25) is 0 Å². The topological polar surface area (TPSA) is 97.1 Å². The van der Waals surface area contributed by atoms with Gasteiger partial charge >= 0.3 is 5.97 Å². The molecule has 108 valence electrons. The molecule has 7 nitrogen and oxygen atoms in total. The van der Waals surface area contributed by atoms with E-state index in [1.165, 1.54) is 18.5 Å². The Balaban J connectivity index is 2.00. The molecule has 0 aliphatic carbocycles. The van der Waals surface area contributed by atoms with E-state index in [0.29, 0.717) is 24.2 Å². The molecule has 21 heavy (non-hydrogen) atoms. The van der Waals surface area contributed by atoms with E-state index in [-0.39, 0.29) is 5.91 Å². The van der Waals surface area contributed by atoms with Crippen LogP contribution in [0.1, 0.15) is 15.9 Å². The summed E-state index contributed by atoms with van der Waals surface area (Å²) in [5, 5.41) is 15.4. The molecule has 7 heteroatoms. The molecular formula is C14H14N4O3. The van der Waals surface area contributed by atoms with E-state index < -0.39 is 5.97 Å². The van der Waals surface area contributed by atoms with E-state index in [1.807, 2.05) is 0 Å². The number of nitrogens with zero attached hydrogens (tertiary/aromatic N) is 3. The normalized spacial score (nSPS) is 10.7. The van der Waals surface area contributed by atoms with Crippen LogP contribution in [0.5, 0.6) is 0 Å². The van der Waals surface area contributed by atoms with Crippen LogP contribution in [0.25, 0.3) is 6.08 Å². The lowest BCUT2D eigenvalue weighted by Crippen LogP contribution is -2.28. The van der Waals surface area contributed by atoms with E-state index in [2.05, 4.69) is 15.4 Å². The van der Waals surface area contributed by atoms with Gasteiger partial charge in [0.05, 0.1) is 6.54 Å². The monoisotopic (exact) mass is 286 g/mol. The Bertz CT molecular complexity index is 650. The van der Waals surface area contributed by atoms with Crippen LogP contribution in [-0.4, -0.2) is 38.3 Å². The molecule has 0 aromatic carbocycles. The highest BCUT2D eigenvalue weighted by Crippen LogP contribution is 2.09. The average molecular weight is 286 g/mol. The standard InChI is InChI=1S/C14H14N4O3/c19-13(20)3-2-11-10-15-6-4-12(11)14(21)16-7-9-18-8-1-5-17-18/h1-6,8,10H,7,9H2,(H,16,21)(H,19,20). The number of hydrogen-bond donors (Lipinski definition) is 2. The van der Waals surface area contributed by atoms with Gasteiger partial charge in [0.15, 0.2) is 0 Å². The second kappa shape index (κ2) is 6.99. The first kappa shape index (κ1) is 14.4. The fraction of sp³-hybridized carbons (Fsp3) is 0.143. The molecule has 0 radical (unpaired) electrons. The Morgan fingerprint density at radius 3 is 2.95 bits per heavy atom. The lowest BCUT2D eigenvalue weighted by Gasteiger charge is -2.07. The number of aliphatic carboxylic acids is 1. The number of nitrogens with one attached hydrogen (secondary N) is 1. The Morgan fingerprint density at radius 2 is 2.24 bits per heavy atom. The third-order valence-electron chi connectivity index (χ3n) is 2.69. The predicted octanol–water partition coefficient (Wildman–Crippen LogP) is 0.806. The Labute approximate surface area is 120 Å². The molecule has 0 atom stereocenters. The first-order valence-electron chi connectivity index (χ1n) is 6.27. The number of carboxylic acid groups (broad SMARTS) is 1.